The molecule has 30 heavy (non-hydrogen) atoms. The highest BCUT2D eigenvalue weighted by molar-refractivity contribution is 5.82. The van der Waals surface area contributed by atoms with Gasteiger partial charge in [0.25, 0.3) is 0 Å². The Bertz CT molecular complexity index is 889. The molecule has 3 heteroatoms. The molecule has 2 aromatic carbocycles. The minimum Gasteiger partial charge on any atom is -0.481 e. The summed E-state index contributed by atoms with van der Waals surface area (Å²) in [6.07, 6.45) is 9.98. The first-order valence-electron chi connectivity index (χ1n) is 11.5. The third kappa shape index (κ3) is 4.50. The fourth-order valence-electron chi connectivity index (χ4n) is 5.01. The maximum Gasteiger partial charge on any atom is 0.303 e. The molecule has 3 nitrogen and oxygen atoms in total. The summed E-state index contributed by atoms with van der Waals surface area (Å²) in [6, 6.07) is 13.4. The van der Waals surface area contributed by atoms with E-state index in [-0.39, 0.29) is 11.8 Å². The van der Waals surface area contributed by atoms with E-state index in [1.54, 1.807) is 0 Å². The second-order valence-electron chi connectivity index (χ2n) is 8.65. The highest BCUT2D eigenvalue weighted by Gasteiger charge is 2.42. The Morgan fingerprint density at radius 2 is 1.57 bits per heavy atom. The van der Waals surface area contributed by atoms with Crippen molar-refractivity contribution in [2.45, 2.75) is 83.5 Å². The Balaban J connectivity index is 2.12. The van der Waals surface area contributed by atoms with Crippen LogP contribution in [0.1, 0.15) is 87.5 Å². The number of benzene rings is 2. The molecule has 2 aromatic rings. The summed E-state index contributed by atoms with van der Waals surface area (Å²) in [5.74, 6) is -0.748. The van der Waals surface area contributed by atoms with Crippen molar-refractivity contribution in [1.29, 1.82) is 0 Å². The molecule has 0 saturated heterocycles. The van der Waals surface area contributed by atoms with Crippen molar-refractivity contribution >= 4 is 12.3 Å². The van der Waals surface area contributed by atoms with Crippen molar-refractivity contribution in [2.24, 2.45) is 0 Å². The van der Waals surface area contributed by atoms with E-state index >= 15 is 0 Å². The first-order valence-corrected chi connectivity index (χ1v) is 11.5. The van der Waals surface area contributed by atoms with Crippen LogP contribution in [0.3, 0.4) is 0 Å². The van der Waals surface area contributed by atoms with Crippen LogP contribution in [-0.4, -0.2) is 17.4 Å². The van der Waals surface area contributed by atoms with Gasteiger partial charge in [0.2, 0.25) is 0 Å². The highest BCUT2D eigenvalue weighted by Crippen LogP contribution is 2.54. The SMILES string of the molecule is CCCCC1(CCCC)c2ccc(CCC=O)cc2-c2ccc(CCC(=O)O)cc21. The lowest BCUT2D eigenvalue weighted by Gasteiger charge is -2.33. The molecular formula is C27H34O3. The fourth-order valence-corrected chi connectivity index (χ4v) is 5.01. The largest absolute Gasteiger partial charge is 0.481 e. The number of fused-ring (bicyclic) bond motifs is 3. The van der Waals surface area contributed by atoms with E-state index < -0.39 is 5.97 Å². The van der Waals surface area contributed by atoms with Crippen molar-refractivity contribution in [3.63, 3.8) is 0 Å². The molecule has 0 amide bonds. The van der Waals surface area contributed by atoms with Crippen LogP contribution in [0.15, 0.2) is 36.4 Å². The van der Waals surface area contributed by atoms with Gasteiger partial charge in [0.05, 0.1) is 0 Å². The normalized spacial score (nSPS) is 13.7. The Hall–Kier alpha value is -2.42. The number of hydrogen-bond donors (Lipinski definition) is 1. The number of rotatable bonds is 12. The van der Waals surface area contributed by atoms with Crippen LogP contribution in [0, 0.1) is 0 Å². The average Bonchev–Trinajstić information content (AvgIpc) is 3.02. The molecule has 0 aliphatic heterocycles. The smallest absolute Gasteiger partial charge is 0.303 e. The topological polar surface area (TPSA) is 54.4 Å². The number of carboxylic acid groups (broad SMARTS) is 1. The van der Waals surface area contributed by atoms with Crippen LogP contribution in [0.25, 0.3) is 11.1 Å². The first kappa shape index (κ1) is 22.3. The zero-order valence-corrected chi connectivity index (χ0v) is 18.4. The maximum atomic E-state index is 11.1. The van der Waals surface area contributed by atoms with Gasteiger partial charge in [-0.2, -0.15) is 0 Å². The summed E-state index contributed by atoms with van der Waals surface area (Å²) in [4.78, 5) is 21.9. The lowest BCUT2D eigenvalue weighted by Crippen LogP contribution is -2.25. The molecule has 3 rings (SSSR count). The molecule has 0 heterocycles. The van der Waals surface area contributed by atoms with E-state index in [2.05, 4.69) is 50.2 Å². The number of aliphatic carboxylic acids is 1. The minimum absolute atomic E-state index is 0.0130. The fraction of sp³-hybridized carbons (Fsp3) is 0.481. The van der Waals surface area contributed by atoms with Crippen LogP contribution >= 0.6 is 0 Å². The van der Waals surface area contributed by atoms with Gasteiger partial charge in [-0.1, -0.05) is 75.9 Å². The molecule has 0 atom stereocenters. The van der Waals surface area contributed by atoms with Crippen molar-refractivity contribution in [3.8, 4) is 11.1 Å². The van der Waals surface area contributed by atoms with E-state index in [9.17, 15) is 9.59 Å². The standard InChI is InChI=1S/C27H34O3/c1-3-5-15-27(16-6-4-2)24-13-10-20(8-7-17-28)18-23(24)22-12-9-21(19-25(22)27)11-14-26(29)30/h9-10,12-13,17-19H,3-8,11,14-16H2,1-2H3,(H,29,30). The number of carbonyl (C=O) groups excluding carboxylic acids is 1. The van der Waals surface area contributed by atoms with Gasteiger partial charge in [0.1, 0.15) is 6.29 Å². The summed E-state index contributed by atoms with van der Waals surface area (Å²) in [7, 11) is 0. The number of aldehydes is 1. The van der Waals surface area contributed by atoms with Crippen LogP contribution in [0.5, 0.6) is 0 Å². The third-order valence-electron chi connectivity index (χ3n) is 6.58. The summed E-state index contributed by atoms with van der Waals surface area (Å²) < 4.78 is 0. The average molecular weight is 407 g/mol. The van der Waals surface area contributed by atoms with E-state index in [1.165, 1.54) is 40.7 Å². The Labute approximate surface area is 180 Å². The Morgan fingerprint density at radius 1 is 0.900 bits per heavy atom. The van der Waals surface area contributed by atoms with Crippen molar-refractivity contribution in [1.82, 2.24) is 0 Å². The summed E-state index contributed by atoms with van der Waals surface area (Å²) >= 11 is 0. The van der Waals surface area contributed by atoms with E-state index in [0.717, 1.165) is 44.0 Å². The van der Waals surface area contributed by atoms with Gasteiger partial charge >= 0.3 is 5.97 Å². The van der Waals surface area contributed by atoms with Gasteiger partial charge in [0, 0.05) is 18.3 Å². The summed E-state index contributed by atoms with van der Waals surface area (Å²) in [5, 5.41) is 9.12. The number of aryl methyl sites for hydroxylation is 2. The molecule has 0 bridgehead atoms. The van der Waals surface area contributed by atoms with Gasteiger partial charge in [0.15, 0.2) is 0 Å². The molecular weight excluding hydrogens is 372 g/mol. The molecule has 0 fully saturated rings. The number of carboxylic acids is 1. The lowest BCUT2D eigenvalue weighted by molar-refractivity contribution is -0.137. The van der Waals surface area contributed by atoms with Crippen molar-refractivity contribution in [2.75, 3.05) is 0 Å². The minimum atomic E-state index is -0.748. The molecule has 0 saturated carbocycles. The molecule has 1 aliphatic rings. The van der Waals surface area contributed by atoms with Gasteiger partial charge in [-0.05, 0) is 59.1 Å². The first-order chi connectivity index (χ1) is 14.6. The highest BCUT2D eigenvalue weighted by atomic mass is 16.4. The molecule has 0 aromatic heterocycles. The van der Waals surface area contributed by atoms with Crippen LogP contribution in [0.4, 0.5) is 0 Å². The molecule has 0 radical (unpaired) electrons. The van der Waals surface area contributed by atoms with Crippen LogP contribution < -0.4 is 0 Å². The third-order valence-corrected chi connectivity index (χ3v) is 6.58. The van der Waals surface area contributed by atoms with Crippen molar-refractivity contribution < 1.29 is 14.7 Å². The van der Waals surface area contributed by atoms with Gasteiger partial charge in [-0.25, -0.2) is 0 Å². The predicted molar refractivity (Wildman–Crippen MR) is 122 cm³/mol. The van der Waals surface area contributed by atoms with Crippen molar-refractivity contribution in [3.05, 3.63) is 58.7 Å². The van der Waals surface area contributed by atoms with E-state index in [0.29, 0.717) is 12.8 Å². The van der Waals surface area contributed by atoms with E-state index in [4.69, 9.17) is 5.11 Å². The monoisotopic (exact) mass is 406 g/mol. The quantitative estimate of drug-likeness (QED) is 0.410. The zero-order chi connectivity index (χ0) is 21.6. The van der Waals surface area contributed by atoms with Crippen LogP contribution in [0.2, 0.25) is 0 Å². The Morgan fingerprint density at radius 3 is 2.20 bits per heavy atom. The zero-order valence-electron chi connectivity index (χ0n) is 18.4. The summed E-state index contributed by atoms with van der Waals surface area (Å²) in [5.41, 5.74) is 7.75. The molecule has 0 spiro atoms. The summed E-state index contributed by atoms with van der Waals surface area (Å²) in [6.45, 7) is 4.49. The molecule has 160 valence electrons. The predicted octanol–water partition coefficient (Wildman–Crippen LogP) is 6.48. The number of carbonyl (C=O) groups is 2. The second-order valence-corrected chi connectivity index (χ2v) is 8.65. The van der Waals surface area contributed by atoms with Crippen LogP contribution in [-0.2, 0) is 27.8 Å². The van der Waals surface area contributed by atoms with Gasteiger partial charge in [-0.3, -0.25) is 4.79 Å². The maximum absolute atomic E-state index is 11.1. The number of hydrogen-bond acceptors (Lipinski definition) is 2. The number of unbranched alkanes of at least 4 members (excludes halogenated alkanes) is 2. The van der Waals surface area contributed by atoms with E-state index in [1.807, 2.05) is 0 Å². The lowest BCUT2D eigenvalue weighted by atomic mass is 9.70. The molecule has 1 N–H and O–H groups in total. The Kier molecular flexibility index (Phi) is 7.47. The van der Waals surface area contributed by atoms with Gasteiger partial charge < -0.3 is 9.90 Å². The second kappa shape index (κ2) is 10.1. The van der Waals surface area contributed by atoms with Gasteiger partial charge in [-0.15, -0.1) is 0 Å². The molecule has 0 unspecified atom stereocenters. The molecule has 1 aliphatic carbocycles.